The first-order valence-corrected chi connectivity index (χ1v) is 9.90. The highest BCUT2D eigenvalue weighted by molar-refractivity contribution is 8.00. The topological polar surface area (TPSA) is 123 Å². The van der Waals surface area contributed by atoms with E-state index in [0.29, 0.717) is 30.2 Å². The van der Waals surface area contributed by atoms with Crippen molar-refractivity contribution in [2.75, 3.05) is 42.3 Å². The summed E-state index contributed by atoms with van der Waals surface area (Å²) < 4.78 is 5.05. The standard InChI is InChI=1S/C19H22N4O5S/c1-28-15-8-6-14(7-9-15)22-19(25)13-29-12-18(24)21-11-10-20-16-4-2-3-5-17(16)23(26)27/h2-9,20H,10-13H2,1H3,(H,21,24)(H,22,25). The quantitative estimate of drug-likeness (QED) is 0.291. The van der Waals surface area contributed by atoms with Crippen LogP contribution >= 0.6 is 11.8 Å². The van der Waals surface area contributed by atoms with Crippen molar-refractivity contribution in [3.8, 4) is 5.75 Å². The van der Waals surface area contributed by atoms with Crippen LogP contribution in [-0.4, -0.2) is 48.4 Å². The number of nitro groups is 1. The molecule has 0 atom stereocenters. The fraction of sp³-hybridized carbons (Fsp3) is 0.263. The van der Waals surface area contributed by atoms with E-state index in [1.54, 1.807) is 49.6 Å². The first-order chi connectivity index (χ1) is 14.0. The molecule has 29 heavy (non-hydrogen) atoms. The van der Waals surface area contributed by atoms with Gasteiger partial charge in [-0.05, 0) is 30.3 Å². The molecular weight excluding hydrogens is 396 g/mol. The van der Waals surface area contributed by atoms with E-state index in [9.17, 15) is 19.7 Å². The highest BCUT2D eigenvalue weighted by atomic mass is 32.2. The molecule has 0 spiro atoms. The molecule has 0 saturated heterocycles. The number of thioether (sulfide) groups is 1. The van der Waals surface area contributed by atoms with Gasteiger partial charge in [0.25, 0.3) is 5.69 Å². The zero-order valence-corrected chi connectivity index (χ0v) is 16.7. The lowest BCUT2D eigenvalue weighted by atomic mass is 10.2. The zero-order valence-electron chi connectivity index (χ0n) is 15.8. The number of rotatable bonds is 11. The van der Waals surface area contributed by atoms with Gasteiger partial charge >= 0.3 is 0 Å². The van der Waals surface area contributed by atoms with E-state index >= 15 is 0 Å². The molecule has 0 aromatic heterocycles. The predicted octanol–water partition coefficient (Wildman–Crippen LogP) is 2.50. The van der Waals surface area contributed by atoms with Crippen molar-refractivity contribution < 1.29 is 19.2 Å². The zero-order chi connectivity index (χ0) is 21.1. The van der Waals surface area contributed by atoms with Crippen molar-refractivity contribution in [3.05, 3.63) is 58.6 Å². The number of para-hydroxylation sites is 2. The van der Waals surface area contributed by atoms with E-state index in [1.165, 1.54) is 17.8 Å². The molecule has 0 bridgehead atoms. The normalized spacial score (nSPS) is 10.1. The van der Waals surface area contributed by atoms with Crippen molar-refractivity contribution in [1.29, 1.82) is 0 Å². The van der Waals surface area contributed by atoms with Gasteiger partial charge in [-0.15, -0.1) is 11.8 Å². The van der Waals surface area contributed by atoms with E-state index in [1.807, 2.05) is 0 Å². The van der Waals surface area contributed by atoms with Gasteiger partial charge in [0.15, 0.2) is 0 Å². The Hall–Kier alpha value is -3.27. The number of hydrogen-bond donors (Lipinski definition) is 3. The van der Waals surface area contributed by atoms with Crippen LogP contribution in [0, 0.1) is 10.1 Å². The molecule has 0 aliphatic rings. The number of amides is 2. The highest BCUT2D eigenvalue weighted by Crippen LogP contribution is 2.22. The van der Waals surface area contributed by atoms with Gasteiger partial charge in [0.1, 0.15) is 11.4 Å². The number of carbonyl (C=O) groups excluding carboxylic acids is 2. The van der Waals surface area contributed by atoms with Gasteiger partial charge in [0.05, 0.1) is 23.5 Å². The second-order valence-corrected chi connectivity index (χ2v) is 6.81. The molecule has 9 nitrogen and oxygen atoms in total. The molecule has 10 heteroatoms. The number of nitro benzene ring substituents is 1. The lowest BCUT2D eigenvalue weighted by molar-refractivity contribution is -0.384. The molecule has 0 aliphatic heterocycles. The Bertz CT molecular complexity index is 845. The molecule has 3 N–H and O–H groups in total. The second kappa shape index (κ2) is 11.5. The van der Waals surface area contributed by atoms with Gasteiger partial charge < -0.3 is 20.7 Å². The minimum Gasteiger partial charge on any atom is -0.497 e. The summed E-state index contributed by atoms with van der Waals surface area (Å²) in [6.45, 7) is 0.655. The van der Waals surface area contributed by atoms with Crippen LogP contribution in [0.3, 0.4) is 0 Å². The number of ether oxygens (including phenoxy) is 1. The van der Waals surface area contributed by atoms with Crippen molar-refractivity contribution >= 4 is 40.6 Å². The van der Waals surface area contributed by atoms with Crippen molar-refractivity contribution in [3.63, 3.8) is 0 Å². The number of methoxy groups -OCH3 is 1. The van der Waals surface area contributed by atoms with Crippen LogP contribution in [0.2, 0.25) is 0 Å². The van der Waals surface area contributed by atoms with Crippen LogP contribution in [-0.2, 0) is 9.59 Å². The summed E-state index contributed by atoms with van der Waals surface area (Å²) in [6.07, 6.45) is 0. The van der Waals surface area contributed by atoms with Gasteiger partial charge in [-0.3, -0.25) is 19.7 Å². The first kappa shape index (κ1) is 22.0. The molecule has 2 aromatic rings. The van der Waals surface area contributed by atoms with Crippen molar-refractivity contribution in [2.45, 2.75) is 0 Å². The summed E-state index contributed by atoms with van der Waals surface area (Å²) >= 11 is 1.20. The largest absolute Gasteiger partial charge is 0.497 e. The summed E-state index contributed by atoms with van der Waals surface area (Å²) in [5.41, 5.74) is 1.04. The third kappa shape index (κ3) is 7.70. The average molecular weight is 418 g/mol. The van der Waals surface area contributed by atoms with Gasteiger partial charge in [-0.25, -0.2) is 0 Å². The Kier molecular flexibility index (Phi) is 8.77. The summed E-state index contributed by atoms with van der Waals surface area (Å²) in [4.78, 5) is 34.2. The molecule has 0 unspecified atom stereocenters. The van der Waals surface area contributed by atoms with Gasteiger partial charge in [-0.2, -0.15) is 0 Å². The third-order valence-corrected chi connectivity index (χ3v) is 4.64. The van der Waals surface area contributed by atoms with Crippen LogP contribution in [0.1, 0.15) is 0 Å². The summed E-state index contributed by atoms with van der Waals surface area (Å²) in [5, 5.41) is 19.3. The molecule has 2 rings (SSSR count). The number of hydrogen-bond acceptors (Lipinski definition) is 7. The summed E-state index contributed by atoms with van der Waals surface area (Å²) in [6, 6.07) is 13.3. The average Bonchev–Trinajstić information content (AvgIpc) is 2.72. The van der Waals surface area contributed by atoms with E-state index in [4.69, 9.17) is 4.74 Å². The lowest BCUT2D eigenvalue weighted by Crippen LogP contribution is -2.30. The van der Waals surface area contributed by atoms with Crippen molar-refractivity contribution in [2.24, 2.45) is 0 Å². The Morgan fingerprint density at radius 1 is 1.03 bits per heavy atom. The number of benzene rings is 2. The van der Waals surface area contributed by atoms with Crippen LogP contribution < -0.4 is 20.7 Å². The van der Waals surface area contributed by atoms with Crippen LogP contribution in [0.5, 0.6) is 5.75 Å². The van der Waals surface area contributed by atoms with Crippen LogP contribution in [0.15, 0.2) is 48.5 Å². The SMILES string of the molecule is COc1ccc(NC(=O)CSCC(=O)NCCNc2ccccc2[N+](=O)[O-])cc1. The molecule has 2 amide bonds. The van der Waals surface area contributed by atoms with Gasteiger partial charge in [0, 0.05) is 24.8 Å². The molecule has 154 valence electrons. The lowest BCUT2D eigenvalue weighted by Gasteiger charge is -2.09. The molecule has 0 heterocycles. The Morgan fingerprint density at radius 3 is 2.41 bits per heavy atom. The van der Waals surface area contributed by atoms with Crippen LogP contribution in [0.4, 0.5) is 17.1 Å². The summed E-state index contributed by atoms with van der Waals surface area (Å²) in [7, 11) is 1.57. The fourth-order valence-corrected chi connectivity index (χ4v) is 2.99. The van der Waals surface area contributed by atoms with E-state index in [2.05, 4.69) is 16.0 Å². The monoisotopic (exact) mass is 418 g/mol. The molecule has 0 aliphatic carbocycles. The molecule has 0 saturated carbocycles. The fourth-order valence-electron chi connectivity index (χ4n) is 2.34. The minimum absolute atomic E-state index is 0.0164. The maximum atomic E-state index is 11.9. The number of nitrogens with zero attached hydrogens (tertiary/aromatic N) is 1. The van der Waals surface area contributed by atoms with Gasteiger partial charge in [0.2, 0.25) is 11.8 Å². The maximum absolute atomic E-state index is 11.9. The molecular formula is C19H22N4O5S. The second-order valence-electron chi connectivity index (χ2n) is 5.82. The van der Waals surface area contributed by atoms with Crippen molar-refractivity contribution in [1.82, 2.24) is 5.32 Å². The maximum Gasteiger partial charge on any atom is 0.292 e. The smallest absolute Gasteiger partial charge is 0.292 e. The van der Waals surface area contributed by atoms with Gasteiger partial charge in [-0.1, -0.05) is 12.1 Å². The van der Waals surface area contributed by atoms with E-state index in [0.717, 1.165) is 0 Å². The number of carbonyl (C=O) groups is 2. The first-order valence-electron chi connectivity index (χ1n) is 8.75. The predicted molar refractivity (Wildman–Crippen MR) is 114 cm³/mol. The number of anilines is 2. The highest BCUT2D eigenvalue weighted by Gasteiger charge is 2.11. The Balaban J connectivity index is 1.61. The van der Waals surface area contributed by atoms with E-state index in [-0.39, 0.29) is 29.0 Å². The molecule has 0 fully saturated rings. The van der Waals surface area contributed by atoms with Crippen LogP contribution in [0.25, 0.3) is 0 Å². The Morgan fingerprint density at radius 2 is 1.72 bits per heavy atom. The summed E-state index contributed by atoms with van der Waals surface area (Å²) in [5.74, 6) is 0.572. The molecule has 2 aromatic carbocycles. The Labute approximate surface area is 172 Å². The third-order valence-electron chi connectivity index (χ3n) is 3.70. The molecule has 0 radical (unpaired) electrons. The van der Waals surface area contributed by atoms with E-state index < -0.39 is 4.92 Å². The minimum atomic E-state index is -0.464. The number of nitrogens with one attached hydrogen (secondary N) is 3.